The molecule has 0 spiro atoms. The summed E-state index contributed by atoms with van der Waals surface area (Å²) in [6, 6.07) is 19.2. The maximum Gasteiger partial charge on any atom is 0.416 e. The number of carbonyl (C=O) groups is 1. The Hall–Kier alpha value is -3.32. The molecule has 0 fully saturated rings. The van der Waals surface area contributed by atoms with Crippen molar-refractivity contribution in [3.8, 4) is 11.1 Å². The highest BCUT2D eigenvalue weighted by atomic mass is 19.4. The number of hydrogen-bond acceptors (Lipinski definition) is 3. The lowest BCUT2D eigenvalue weighted by Gasteiger charge is -2.19. The van der Waals surface area contributed by atoms with Gasteiger partial charge in [-0.25, -0.2) is 4.79 Å². The number of ether oxygens (including phenoxy) is 1. The maximum atomic E-state index is 13.0. The molecule has 3 aromatic rings. The lowest BCUT2D eigenvalue weighted by atomic mass is 9.98. The molecule has 0 radical (unpaired) electrons. The Morgan fingerprint density at radius 3 is 2.16 bits per heavy atom. The van der Waals surface area contributed by atoms with Crippen molar-refractivity contribution in [3.05, 3.63) is 95.1 Å². The van der Waals surface area contributed by atoms with E-state index < -0.39 is 30.5 Å². The fourth-order valence-electron chi connectivity index (χ4n) is 3.95. The molecule has 160 valence electrons. The number of hydrogen-bond donors (Lipinski definition) is 2. The average Bonchev–Trinajstić information content (AvgIpc) is 3.09. The highest BCUT2D eigenvalue weighted by Crippen LogP contribution is 2.44. The van der Waals surface area contributed by atoms with Crippen molar-refractivity contribution in [2.24, 2.45) is 0 Å². The van der Waals surface area contributed by atoms with Gasteiger partial charge in [0.25, 0.3) is 0 Å². The SMILES string of the molecule is O=C(NC(CO)c1cccc(C(F)(F)F)c1)OCC1c2ccccc2-c2ccccc21. The van der Waals surface area contributed by atoms with Crippen molar-refractivity contribution in [1.29, 1.82) is 0 Å². The summed E-state index contributed by atoms with van der Waals surface area (Å²) in [5.74, 6) is -0.140. The topological polar surface area (TPSA) is 58.6 Å². The van der Waals surface area contributed by atoms with Crippen molar-refractivity contribution in [2.75, 3.05) is 13.2 Å². The van der Waals surface area contributed by atoms with Crippen LogP contribution in [0, 0.1) is 0 Å². The third-order valence-electron chi connectivity index (χ3n) is 5.43. The highest BCUT2D eigenvalue weighted by Gasteiger charge is 2.32. The van der Waals surface area contributed by atoms with Crippen molar-refractivity contribution in [1.82, 2.24) is 5.32 Å². The monoisotopic (exact) mass is 427 g/mol. The lowest BCUT2D eigenvalue weighted by Crippen LogP contribution is -2.32. The smallest absolute Gasteiger partial charge is 0.416 e. The average molecular weight is 427 g/mol. The van der Waals surface area contributed by atoms with E-state index in [1.165, 1.54) is 12.1 Å². The van der Waals surface area contributed by atoms with Gasteiger partial charge in [-0.05, 0) is 39.9 Å². The first kappa shape index (κ1) is 20.9. The second kappa shape index (κ2) is 8.43. The van der Waals surface area contributed by atoms with Gasteiger partial charge in [-0.1, -0.05) is 60.7 Å². The van der Waals surface area contributed by atoms with Gasteiger partial charge in [-0.2, -0.15) is 13.2 Å². The van der Waals surface area contributed by atoms with Gasteiger partial charge < -0.3 is 15.2 Å². The zero-order valence-corrected chi connectivity index (χ0v) is 16.4. The molecule has 0 bridgehead atoms. The van der Waals surface area contributed by atoms with Crippen LogP contribution in [0.4, 0.5) is 18.0 Å². The highest BCUT2D eigenvalue weighted by molar-refractivity contribution is 5.79. The number of alkyl halides is 3. The van der Waals surface area contributed by atoms with Crippen LogP contribution in [0.2, 0.25) is 0 Å². The van der Waals surface area contributed by atoms with Gasteiger partial charge in [0, 0.05) is 5.92 Å². The van der Waals surface area contributed by atoms with Crippen LogP contribution in [0.15, 0.2) is 72.8 Å². The summed E-state index contributed by atoms with van der Waals surface area (Å²) in [4.78, 5) is 12.4. The van der Waals surface area contributed by atoms with E-state index >= 15 is 0 Å². The summed E-state index contributed by atoms with van der Waals surface area (Å²) in [6.07, 6.45) is -5.32. The van der Waals surface area contributed by atoms with Crippen molar-refractivity contribution >= 4 is 6.09 Å². The molecule has 0 heterocycles. The normalized spacial score (nSPS) is 13.9. The molecule has 7 heteroatoms. The van der Waals surface area contributed by atoms with Crippen LogP contribution in [0.5, 0.6) is 0 Å². The summed E-state index contributed by atoms with van der Waals surface area (Å²) in [7, 11) is 0. The van der Waals surface area contributed by atoms with Gasteiger partial charge in [0.15, 0.2) is 0 Å². The zero-order valence-electron chi connectivity index (χ0n) is 16.4. The Balaban J connectivity index is 1.46. The number of aliphatic hydroxyl groups is 1. The van der Waals surface area contributed by atoms with E-state index in [0.29, 0.717) is 0 Å². The van der Waals surface area contributed by atoms with Crippen LogP contribution in [-0.2, 0) is 10.9 Å². The maximum absolute atomic E-state index is 13.0. The molecule has 1 aliphatic rings. The molecule has 1 unspecified atom stereocenters. The number of halogens is 3. The minimum absolute atomic E-state index is 0.0700. The lowest BCUT2D eigenvalue weighted by molar-refractivity contribution is -0.137. The Morgan fingerprint density at radius 2 is 1.58 bits per heavy atom. The van der Waals surface area contributed by atoms with E-state index in [4.69, 9.17) is 4.74 Å². The first-order valence-corrected chi connectivity index (χ1v) is 9.78. The minimum Gasteiger partial charge on any atom is -0.449 e. The molecule has 4 rings (SSSR count). The number of fused-ring (bicyclic) bond motifs is 3. The van der Waals surface area contributed by atoms with Gasteiger partial charge in [0.2, 0.25) is 0 Å². The van der Waals surface area contributed by atoms with E-state index in [9.17, 15) is 23.1 Å². The molecule has 0 saturated carbocycles. The summed E-state index contributed by atoms with van der Waals surface area (Å²) >= 11 is 0. The van der Waals surface area contributed by atoms with Gasteiger partial charge in [-0.3, -0.25) is 0 Å². The molecule has 0 saturated heterocycles. The molecule has 3 aromatic carbocycles. The van der Waals surface area contributed by atoms with Gasteiger partial charge in [0.05, 0.1) is 18.2 Å². The predicted molar refractivity (Wildman–Crippen MR) is 109 cm³/mol. The molecule has 31 heavy (non-hydrogen) atoms. The minimum atomic E-state index is -4.51. The van der Waals surface area contributed by atoms with Gasteiger partial charge in [-0.15, -0.1) is 0 Å². The molecule has 1 atom stereocenters. The molecule has 0 aliphatic heterocycles. The largest absolute Gasteiger partial charge is 0.449 e. The number of aliphatic hydroxyl groups excluding tert-OH is 1. The van der Waals surface area contributed by atoms with Crippen molar-refractivity contribution in [3.63, 3.8) is 0 Å². The molecular formula is C24H20F3NO3. The second-order valence-corrected chi connectivity index (χ2v) is 7.33. The van der Waals surface area contributed by atoms with Crippen molar-refractivity contribution in [2.45, 2.75) is 18.1 Å². The summed E-state index contributed by atoms with van der Waals surface area (Å²) in [5.41, 5.74) is 3.57. The van der Waals surface area contributed by atoms with Crippen LogP contribution in [0.3, 0.4) is 0 Å². The van der Waals surface area contributed by atoms with Gasteiger partial charge >= 0.3 is 12.3 Å². The number of rotatable bonds is 5. The van der Waals surface area contributed by atoms with Crippen LogP contribution in [0.25, 0.3) is 11.1 Å². The molecule has 4 nitrogen and oxygen atoms in total. The van der Waals surface area contributed by atoms with E-state index in [2.05, 4.69) is 5.32 Å². The third kappa shape index (κ3) is 4.27. The number of nitrogens with one attached hydrogen (secondary N) is 1. The van der Waals surface area contributed by atoms with Crippen LogP contribution in [0.1, 0.15) is 34.2 Å². The second-order valence-electron chi connectivity index (χ2n) is 7.33. The van der Waals surface area contributed by atoms with Crippen molar-refractivity contribution < 1.29 is 27.8 Å². The fourth-order valence-corrected chi connectivity index (χ4v) is 3.95. The van der Waals surface area contributed by atoms with Crippen LogP contribution < -0.4 is 5.32 Å². The quantitative estimate of drug-likeness (QED) is 0.583. The third-order valence-corrected chi connectivity index (χ3v) is 5.43. The van der Waals surface area contributed by atoms with E-state index in [1.807, 2.05) is 48.5 Å². The molecular weight excluding hydrogens is 407 g/mol. The summed E-state index contributed by atoms with van der Waals surface area (Å²) in [6.45, 7) is -0.494. The Bertz CT molecular complexity index is 1050. The Morgan fingerprint density at radius 1 is 0.968 bits per heavy atom. The number of amides is 1. The fraction of sp³-hybridized carbons (Fsp3) is 0.208. The number of benzene rings is 3. The van der Waals surface area contributed by atoms with Crippen LogP contribution >= 0.6 is 0 Å². The Labute approximate surface area is 177 Å². The predicted octanol–water partition coefficient (Wildman–Crippen LogP) is 5.28. The number of carbonyl (C=O) groups excluding carboxylic acids is 1. The van der Waals surface area contributed by atoms with Gasteiger partial charge in [0.1, 0.15) is 6.61 Å². The first-order valence-electron chi connectivity index (χ1n) is 9.78. The number of alkyl carbamates (subject to hydrolysis) is 1. The summed E-state index contributed by atoms with van der Waals surface area (Å²) in [5, 5.41) is 12.1. The molecule has 1 aliphatic carbocycles. The zero-order chi connectivity index (χ0) is 22.0. The Kier molecular flexibility index (Phi) is 5.69. The summed E-state index contributed by atoms with van der Waals surface area (Å²) < 4.78 is 44.3. The van der Waals surface area contributed by atoms with E-state index in [-0.39, 0.29) is 18.1 Å². The standard InChI is InChI=1S/C24H20F3NO3/c25-24(26,27)16-7-5-6-15(12-16)22(13-29)28-23(30)31-14-21-19-10-3-1-8-17(19)18-9-2-4-11-20(18)21/h1-12,21-22,29H,13-14H2,(H,28,30). The van der Waals surface area contributed by atoms with E-state index in [0.717, 1.165) is 34.4 Å². The molecule has 2 N–H and O–H groups in total. The molecule has 1 amide bonds. The molecule has 0 aromatic heterocycles. The first-order chi connectivity index (χ1) is 14.9. The van der Waals surface area contributed by atoms with Crippen LogP contribution in [-0.4, -0.2) is 24.4 Å². The van der Waals surface area contributed by atoms with E-state index in [1.54, 1.807) is 0 Å².